The van der Waals surface area contributed by atoms with E-state index in [0.717, 1.165) is 36.8 Å². The monoisotopic (exact) mass is 330 g/mol. The summed E-state index contributed by atoms with van der Waals surface area (Å²) in [7, 11) is 0. The molecule has 5 heteroatoms. The molecule has 4 nitrogen and oxygen atoms in total. The molecule has 2 aromatic rings. The number of halogens is 1. The fourth-order valence-corrected chi connectivity index (χ4v) is 3.53. The first kappa shape index (κ1) is 15.3. The van der Waals surface area contributed by atoms with Gasteiger partial charge >= 0.3 is 0 Å². The standard InChI is InChI=1S/C19H20FNO3/c20-15-3-1-13(2-4-15)17-7-8-21-10-14(17)11-22-16-5-6-18-19(9-16)24-12-23-18/h1-6,9,14,17,21H,7-8,10-12H2/p+1/t14-,17+/m1/s1. The highest BCUT2D eigenvalue weighted by Gasteiger charge is 2.29. The molecule has 126 valence electrons. The van der Waals surface area contributed by atoms with Crippen LogP contribution in [-0.2, 0) is 0 Å². The van der Waals surface area contributed by atoms with Crippen molar-refractivity contribution in [2.45, 2.75) is 12.3 Å². The molecule has 2 atom stereocenters. The van der Waals surface area contributed by atoms with Gasteiger partial charge in [-0.3, -0.25) is 0 Å². The van der Waals surface area contributed by atoms with Gasteiger partial charge in [-0.05, 0) is 29.8 Å². The van der Waals surface area contributed by atoms with Gasteiger partial charge in [-0.25, -0.2) is 4.39 Å². The van der Waals surface area contributed by atoms with Crippen molar-refractivity contribution in [3.63, 3.8) is 0 Å². The van der Waals surface area contributed by atoms with Crippen LogP contribution in [0.5, 0.6) is 17.2 Å². The topological polar surface area (TPSA) is 44.3 Å². The number of hydrogen-bond donors (Lipinski definition) is 1. The first-order valence-electron chi connectivity index (χ1n) is 8.39. The molecule has 2 heterocycles. The average molecular weight is 330 g/mol. The number of fused-ring (bicyclic) bond motifs is 1. The fraction of sp³-hybridized carbons (Fsp3) is 0.368. The molecule has 1 fully saturated rings. The van der Waals surface area contributed by atoms with Gasteiger partial charge in [-0.15, -0.1) is 0 Å². The zero-order valence-electron chi connectivity index (χ0n) is 13.4. The molecule has 24 heavy (non-hydrogen) atoms. The largest absolute Gasteiger partial charge is 0.493 e. The van der Waals surface area contributed by atoms with Gasteiger partial charge in [0, 0.05) is 24.3 Å². The van der Waals surface area contributed by atoms with Crippen molar-refractivity contribution in [1.29, 1.82) is 0 Å². The summed E-state index contributed by atoms with van der Waals surface area (Å²) in [6, 6.07) is 12.6. The molecule has 0 aromatic heterocycles. The van der Waals surface area contributed by atoms with E-state index in [0.29, 0.717) is 18.4 Å². The molecule has 0 amide bonds. The van der Waals surface area contributed by atoms with Crippen LogP contribution in [-0.4, -0.2) is 26.5 Å². The maximum atomic E-state index is 13.2. The lowest BCUT2D eigenvalue weighted by Gasteiger charge is -2.30. The molecule has 2 N–H and O–H groups in total. The number of quaternary nitrogens is 1. The van der Waals surface area contributed by atoms with E-state index in [2.05, 4.69) is 5.32 Å². The number of benzene rings is 2. The van der Waals surface area contributed by atoms with Crippen LogP contribution in [0.4, 0.5) is 4.39 Å². The van der Waals surface area contributed by atoms with E-state index in [1.165, 1.54) is 5.56 Å². The Balaban J connectivity index is 1.44. The van der Waals surface area contributed by atoms with Gasteiger partial charge in [-0.1, -0.05) is 12.1 Å². The van der Waals surface area contributed by atoms with Crippen molar-refractivity contribution in [1.82, 2.24) is 0 Å². The maximum Gasteiger partial charge on any atom is 0.231 e. The van der Waals surface area contributed by atoms with Gasteiger partial charge in [0.2, 0.25) is 6.79 Å². The van der Waals surface area contributed by atoms with Gasteiger partial charge in [0.1, 0.15) is 11.6 Å². The summed E-state index contributed by atoms with van der Waals surface area (Å²) in [5.41, 5.74) is 1.20. The summed E-state index contributed by atoms with van der Waals surface area (Å²) in [6.45, 7) is 3.02. The third-order valence-corrected chi connectivity index (χ3v) is 4.83. The Kier molecular flexibility index (Phi) is 4.26. The smallest absolute Gasteiger partial charge is 0.231 e. The van der Waals surface area contributed by atoms with Crippen LogP contribution in [0.3, 0.4) is 0 Å². The first-order valence-corrected chi connectivity index (χ1v) is 8.39. The van der Waals surface area contributed by atoms with Crippen molar-refractivity contribution in [2.75, 3.05) is 26.5 Å². The van der Waals surface area contributed by atoms with E-state index < -0.39 is 0 Å². The SMILES string of the molecule is Fc1ccc([C@@H]2CC[NH2+]C[C@@H]2COc2ccc3c(c2)OCO3)cc1. The van der Waals surface area contributed by atoms with Crippen LogP contribution in [0.2, 0.25) is 0 Å². The maximum absolute atomic E-state index is 13.2. The van der Waals surface area contributed by atoms with E-state index in [1.807, 2.05) is 30.3 Å². The fourth-order valence-electron chi connectivity index (χ4n) is 3.53. The van der Waals surface area contributed by atoms with E-state index in [-0.39, 0.29) is 12.6 Å². The van der Waals surface area contributed by atoms with Crippen LogP contribution >= 0.6 is 0 Å². The van der Waals surface area contributed by atoms with E-state index in [1.54, 1.807) is 12.1 Å². The minimum atomic E-state index is -0.186. The second kappa shape index (κ2) is 6.69. The summed E-state index contributed by atoms with van der Waals surface area (Å²) in [6.07, 6.45) is 1.08. The highest BCUT2D eigenvalue weighted by Crippen LogP contribution is 2.36. The van der Waals surface area contributed by atoms with Crippen molar-refractivity contribution in [3.8, 4) is 17.2 Å². The Labute approximate surface area is 140 Å². The second-order valence-electron chi connectivity index (χ2n) is 6.35. The van der Waals surface area contributed by atoms with Gasteiger partial charge in [0.25, 0.3) is 0 Å². The summed E-state index contributed by atoms with van der Waals surface area (Å²) < 4.78 is 29.9. The number of piperidine rings is 1. The molecule has 0 bridgehead atoms. The zero-order valence-corrected chi connectivity index (χ0v) is 13.4. The Morgan fingerprint density at radius 1 is 1.08 bits per heavy atom. The lowest BCUT2D eigenvalue weighted by molar-refractivity contribution is -0.670. The van der Waals surface area contributed by atoms with Crippen molar-refractivity contribution >= 4 is 0 Å². The van der Waals surface area contributed by atoms with Crippen molar-refractivity contribution < 1.29 is 23.9 Å². The molecule has 0 aliphatic carbocycles. The third kappa shape index (κ3) is 3.17. The summed E-state index contributed by atoms with van der Waals surface area (Å²) in [5, 5.41) is 2.33. The summed E-state index contributed by atoms with van der Waals surface area (Å²) >= 11 is 0. The number of rotatable bonds is 4. The Morgan fingerprint density at radius 2 is 1.92 bits per heavy atom. The van der Waals surface area contributed by atoms with Gasteiger partial charge in [-0.2, -0.15) is 0 Å². The molecule has 2 aliphatic heterocycles. The Morgan fingerprint density at radius 3 is 2.79 bits per heavy atom. The molecule has 0 unspecified atom stereocenters. The molecule has 4 rings (SSSR count). The average Bonchev–Trinajstić information content (AvgIpc) is 3.09. The van der Waals surface area contributed by atoms with Crippen molar-refractivity contribution in [3.05, 3.63) is 53.8 Å². The van der Waals surface area contributed by atoms with Crippen LogP contribution in [0, 0.1) is 11.7 Å². The molecule has 0 spiro atoms. The molecule has 1 saturated heterocycles. The van der Waals surface area contributed by atoms with Crippen molar-refractivity contribution in [2.24, 2.45) is 5.92 Å². The molecular formula is C19H21FNO3+. The van der Waals surface area contributed by atoms with Crippen LogP contribution in [0.1, 0.15) is 17.9 Å². The second-order valence-corrected chi connectivity index (χ2v) is 6.35. The van der Waals surface area contributed by atoms with Gasteiger partial charge < -0.3 is 19.5 Å². The molecule has 0 radical (unpaired) electrons. The Bertz CT molecular complexity index is 704. The predicted molar refractivity (Wildman–Crippen MR) is 87.0 cm³/mol. The minimum Gasteiger partial charge on any atom is -0.493 e. The molecule has 0 saturated carbocycles. The first-order chi connectivity index (χ1) is 11.8. The molecular weight excluding hydrogens is 309 g/mol. The third-order valence-electron chi connectivity index (χ3n) is 4.83. The van der Waals surface area contributed by atoms with Crippen LogP contribution < -0.4 is 19.5 Å². The van der Waals surface area contributed by atoms with E-state index in [9.17, 15) is 4.39 Å². The Hall–Kier alpha value is -2.27. The van der Waals surface area contributed by atoms with E-state index in [4.69, 9.17) is 14.2 Å². The summed E-state index contributed by atoms with van der Waals surface area (Å²) in [4.78, 5) is 0. The number of ether oxygens (including phenoxy) is 3. The minimum absolute atomic E-state index is 0.186. The predicted octanol–water partition coefficient (Wildman–Crippen LogP) is 2.30. The number of hydrogen-bond acceptors (Lipinski definition) is 3. The van der Waals surface area contributed by atoms with Gasteiger partial charge in [0.05, 0.1) is 19.7 Å². The zero-order chi connectivity index (χ0) is 16.4. The highest BCUT2D eigenvalue weighted by molar-refractivity contribution is 5.46. The highest BCUT2D eigenvalue weighted by atomic mass is 19.1. The molecule has 2 aliphatic rings. The number of nitrogens with two attached hydrogens (primary N) is 1. The summed E-state index contributed by atoms with van der Waals surface area (Å²) in [5.74, 6) is 2.91. The van der Waals surface area contributed by atoms with E-state index >= 15 is 0 Å². The van der Waals surface area contributed by atoms with Gasteiger partial charge in [0.15, 0.2) is 11.5 Å². The lowest BCUT2D eigenvalue weighted by atomic mass is 9.81. The quantitative estimate of drug-likeness (QED) is 0.935. The normalized spacial score (nSPS) is 22.4. The van der Waals surface area contributed by atoms with Crippen LogP contribution in [0.15, 0.2) is 42.5 Å². The van der Waals surface area contributed by atoms with Crippen LogP contribution in [0.25, 0.3) is 0 Å². The molecule has 2 aromatic carbocycles. The lowest BCUT2D eigenvalue weighted by Crippen LogP contribution is -2.88.